The molecule has 1 saturated heterocycles. The minimum Gasteiger partial charge on any atom is -0.442 e. The molecule has 2 atom stereocenters. The van der Waals surface area contributed by atoms with Crippen molar-refractivity contribution in [3.05, 3.63) is 58.7 Å². The van der Waals surface area contributed by atoms with Crippen LogP contribution in [0.4, 0.5) is 13.6 Å². The Bertz CT molecular complexity index is 961. The highest BCUT2D eigenvalue weighted by Gasteiger charge is 2.31. The molecular formula is C25H32F2N2O4S. The highest BCUT2D eigenvalue weighted by Crippen LogP contribution is 2.36. The van der Waals surface area contributed by atoms with Crippen molar-refractivity contribution in [1.82, 2.24) is 9.37 Å². The minimum atomic E-state index is -1.10. The molecule has 1 aliphatic carbocycles. The molecule has 2 aliphatic rings. The number of hydrogen-bond donors (Lipinski definition) is 0. The number of benzene rings is 1. The van der Waals surface area contributed by atoms with Crippen LogP contribution in [-0.4, -0.2) is 39.3 Å². The number of amides is 1. The average molecular weight is 495 g/mol. The van der Waals surface area contributed by atoms with E-state index in [9.17, 15) is 9.59 Å². The van der Waals surface area contributed by atoms with Crippen LogP contribution in [-0.2, 0) is 20.9 Å². The Morgan fingerprint density at radius 2 is 2.06 bits per heavy atom. The maximum Gasteiger partial charge on any atom is 0.444 e. The average Bonchev–Trinajstić information content (AvgIpc) is 2.79. The molecule has 6 nitrogen and oxygen atoms in total. The molecule has 34 heavy (non-hydrogen) atoms. The molecule has 0 saturated carbocycles. The van der Waals surface area contributed by atoms with Crippen LogP contribution in [0.1, 0.15) is 70.5 Å². The molecule has 1 fully saturated rings. The third-order valence-corrected chi connectivity index (χ3v) is 6.96. The Morgan fingerprint density at radius 1 is 1.29 bits per heavy atom. The lowest BCUT2D eigenvalue weighted by Gasteiger charge is -2.33. The van der Waals surface area contributed by atoms with E-state index < -0.39 is 29.4 Å². The van der Waals surface area contributed by atoms with E-state index in [0.717, 1.165) is 44.4 Å². The number of halogens is 2. The van der Waals surface area contributed by atoms with Gasteiger partial charge in [-0.2, -0.15) is 0 Å². The summed E-state index contributed by atoms with van der Waals surface area (Å²) >= 11 is 1.67. The molecule has 0 bridgehead atoms. The molecule has 9 heteroatoms. The lowest BCUT2D eigenvalue weighted by atomic mass is 10.0. The Balaban J connectivity index is 1.74. The summed E-state index contributed by atoms with van der Waals surface area (Å²) in [6.07, 6.45) is 9.77. The van der Waals surface area contributed by atoms with Crippen LogP contribution < -0.4 is 0 Å². The molecule has 1 aromatic rings. The van der Waals surface area contributed by atoms with Gasteiger partial charge in [0.1, 0.15) is 17.2 Å². The summed E-state index contributed by atoms with van der Waals surface area (Å²) in [5, 5.41) is 0.923. The van der Waals surface area contributed by atoms with E-state index in [1.165, 1.54) is 12.5 Å². The monoisotopic (exact) mass is 494 g/mol. The third kappa shape index (κ3) is 6.82. The smallest absolute Gasteiger partial charge is 0.442 e. The Kier molecular flexibility index (Phi) is 8.76. The van der Waals surface area contributed by atoms with Crippen LogP contribution >= 0.6 is 11.9 Å². The van der Waals surface area contributed by atoms with E-state index in [2.05, 4.69) is 22.5 Å². The largest absolute Gasteiger partial charge is 0.444 e. The second-order valence-electron chi connectivity index (χ2n) is 9.43. The quantitative estimate of drug-likeness (QED) is 0.254. The number of ether oxygens (including phenoxy) is 1. The van der Waals surface area contributed by atoms with E-state index in [1.807, 2.05) is 0 Å². The van der Waals surface area contributed by atoms with Gasteiger partial charge in [-0.3, -0.25) is 4.79 Å². The molecule has 0 spiro atoms. The summed E-state index contributed by atoms with van der Waals surface area (Å²) in [4.78, 5) is 28.1. The van der Waals surface area contributed by atoms with Gasteiger partial charge in [-0.25, -0.2) is 17.9 Å². The summed E-state index contributed by atoms with van der Waals surface area (Å²) in [6.45, 7) is 7.47. The molecule has 0 N–H and O–H groups in total. The lowest BCUT2D eigenvalue weighted by Crippen LogP contribution is -2.38. The van der Waals surface area contributed by atoms with Gasteiger partial charge in [0.05, 0.1) is 6.04 Å². The summed E-state index contributed by atoms with van der Waals surface area (Å²) in [6, 6.07) is 1.11. The number of carbonyl (C=O) groups is 2. The van der Waals surface area contributed by atoms with E-state index in [1.54, 1.807) is 32.7 Å². The van der Waals surface area contributed by atoms with Gasteiger partial charge in [-0.15, -0.1) is 5.06 Å². The second-order valence-corrected chi connectivity index (χ2v) is 10.7. The first-order valence-corrected chi connectivity index (χ1v) is 12.3. The Hall–Kier alpha value is -2.39. The topological polar surface area (TPSA) is 59.1 Å². The zero-order chi connectivity index (χ0) is 24.9. The Morgan fingerprint density at radius 3 is 2.71 bits per heavy atom. The first kappa shape index (κ1) is 26.2. The van der Waals surface area contributed by atoms with Crippen molar-refractivity contribution in [1.29, 1.82) is 0 Å². The SMILES string of the molecule is CC(c1cc(F)c(CN2CCCC(C3=CCCC=C3)S2)cc1F)N(OC=O)C(=O)OC(C)(C)C. The normalized spacial score (nSPS) is 19.8. The van der Waals surface area contributed by atoms with Crippen molar-refractivity contribution in [2.75, 3.05) is 6.54 Å². The van der Waals surface area contributed by atoms with Crippen LogP contribution in [0.5, 0.6) is 0 Å². The first-order chi connectivity index (χ1) is 16.1. The minimum absolute atomic E-state index is 0.0456. The summed E-state index contributed by atoms with van der Waals surface area (Å²) in [5.41, 5.74) is 0.558. The maximum atomic E-state index is 15.1. The second kappa shape index (κ2) is 11.4. The fraction of sp³-hybridized carbons (Fsp3) is 0.520. The van der Waals surface area contributed by atoms with Crippen molar-refractivity contribution >= 4 is 24.5 Å². The van der Waals surface area contributed by atoms with Gasteiger partial charge < -0.3 is 9.57 Å². The predicted octanol–water partition coefficient (Wildman–Crippen LogP) is 6.24. The fourth-order valence-electron chi connectivity index (χ4n) is 3.96. The van der Waals surface area contributed by atoms with Crippen LogP contribution in [0.2, 0.25) is 0 Å². The molecule has 2 unspecified atom stereocenters. The van der Waals surface area contributed by atoms with Gasteiger partial charge in [-0.05, 0) is 71.1 Å². The molecule has 1 aliphatic heterocycles. The molecule has 1 heterocycles. The number of hydrogen-bond acceptors (Lipinski definition) is 6. The molecule has 0 radical (unpaired) electrons. The van der Waals surface area contributed by atoms with E-state index in [-0.39, 0.29) is 24.1 Å². The molecule has 3 rings (SSSR count). The number of nitrogens with zero attached hydrogens (tertiary/aromatic N) is 2. The first-order valence-electron chi connectivity index (χ1n) is 11.5. The van der Waals surface area contributed by atoms with E-state index in [0.29, 0.717) is 10.3 Å². The van der Waals surface area contributed by atoms with Crippen molar-refractivity contribution in [3.63, 3.8) is 0 Å². The van der Waals surface area contributed by atoms with Gasteiger partial charge >= 0.3 is 12.6 Å². The van der Waals surface area contributed by atoms with E-state index >= 15 is 8.78 Å². The molecule has 0 aromatic heterocycles. The number of allylic oxidation sites excluding steroid dienone is 3. The number of rotatable bonds is 7. The zero-order valence-corrected chi connectivity index (χ0v) is 20.9. The Labute approximate surface area is 204 Å². The van der Waals surface area contributed by atoms with Gasteiger partial charge in [0, 0.05) is 29.5 Å². The van der Waals surface area contributed by atoms with Gasteiger partial charge in [0.25, 0.3) is 0 Å². The highest BCUT2D eigenvalue weighted by atomic mass is 32.2. The van der Waals surface area contributed by atoms with Crippen LogP contribution in [0, 0.1) is 11.6 Å². The molecular weight excluding hydrogens is 462 g/mol. The van der Waals surface area contributed by atoms with Crippen LogP contribution in [0.3, 0.4) is 0 Å². The summed E-state index contributed by atoms with van der Waals surface area (Å²) in [5.74, 6) is -1.28. The van der Waals surface area contributed by atoms with E-state index in [4.69, 9.17) is 9.57 Å². The van der Waals surface area contributed by atoms with Crippen molar-refractivity contribution < 1.29 is 27.9 Å². The fourth-order valence-corrected chi connectivity index (χ4v) is 5.34. The van der Waals surface area contributed by atoms with Crippen LogP contribution in [0.15, 0.2) is 35.9 Å². The molecule has 1 amide bonds. The molecule has 186 valence electrons. The van der Waals surface area contributed by atoms with Crippen LogP contribution in [0.25, 0.3) is 0 Å². The zero-order valence-electron chi connectivity index (χ0n) is 20.1. The van der Waals surface area contributed by atoms with Crippen molar-refractivity contribution in [2.24, 2.45) is 0 Å². The number of carbonyl (C=O) groups excluding carboxylic acids is 2. The van der Waals surface area contributed by atoms with Gasteiger partial charge in [0.15, 0.2) is 0 Å². The number of hydroxylamine groups is 2. The molecule has 1 aromatic carbocycles. The lowest BCUT2D eigenvalue weighted by molar-refractivity contribution is -0.178. The van der Waals surface area contributed by atoms with Crippen molar-refractivity contribution in [2.45, 2.75) is 76.8 Å². The van der Waals surface area contributed by atoms with Gasteiger partial charge in [-0.1, -0.05) is 30.2 Å². The van der Waals surface area contributed by atoms with Gasteiger partial charge in [0.2, 0.25) is 0 Å². The predicted molar refractivity (Wildman–Crippen MR) is 127 cm³/mol. The maximum absolute atomic E-state index is 15.1. The summed E-state index contributed by atoms with van der Waals surface area (Å²) in [7, 11) is 0. The standard InChI is InChI=1S/C25H32F2N2O4S/c1-17(29(32-16-30)24(31)33-25(2,3)4)20-14-21(26)19(13-22(20)27)15-28-12-8-11-23(34-28)18-9-6-5-7-10-18/h6,9-10,13-14,16-17,23H,5,7-8,11-12,15H2,1-4H3. The third-order valence-electron chi connectivity index (χ3n) is 5.59. The summed E-state index contributed by atoms with van der Waals surface area (Å²) < 4.78 is 37.4. The highest BCUT2D eigenvalue weighted by molar-refractivity contribution is 7.97. The van der Waals surface area contributed by atoms with Crippen molar-refractivity contribution in [3.8, 4) is 0 Å².